The molecule has 21 heavy (non-hydrogen) atoms. The largest absolute Gasteiger partial charge is 0.333 e. The van der Waals surface area contributed by atoms with Crippen LogP contribution in [0.5, 0.6) is 0 Å². The number of rotatable bonds is 4. The van der Waals surface area contributed by atoms with Crippen LogP contribution >= 0.6 is 0 Å². The third-order valence-corrected chi connectivity index (χ3v) is 2.67. The fourth-order valence-electron chi connectivity index (χ4n) is 1.60. The lowest BCUT2D eigenvalue weighted by Gasteiger charge is -2.12. The van der Waals surface area contributed by atoms with Gasteiger partial charge < -0.3 is 9.42 Å². The van der Waals surface area contributed by atoms with E-state index in [4.69, 9.17) is 5.26 Å². The van der Waals surface area contributed by atoms with E-state index in [2.05, 4.69) is 14.7 Å². The summed E-state index contributed by atoms with van der Waals surface area (Å²) in [7, 11) is 1.51. The van der Waals surface area contributed by atoms with E-state index in [1.807, 2.05) is 6.07 Å². The molecule has 0 radical (unpaired) electrons. The molecule has 0 bridgehead atoms. The number of hydrogen-bond acceptors (Lipinski definition) is 5. The molecule has 1 aromatic heterocycles. The van der Waals surface area contributed by atoms with Crippen LogP contribution < -0.4 is 0 Å². The summed E-state index contributed by atoms with van der Waals surface area (Å²) in [5.41, 5.74) is 0.819. The van der Waals surface area contributed by atoms with Crippen LogP contribution in [0, 0.1) is 11.3 Å². The van der Waals surface area contributed by atoms with Crippen molar-refractivity contribution in [3.05, 3.63) is 35.7 Å². The average molecular weight is 292 g/mol. The number of carbonyl (C=O) groups excluding carboxylic acids is 1. The Hall–Kier alpha value is -2.82. The van der Waals surface area contributed by atoms with Gasteiger partial charge in [0.25, 0.3) is 11.8 Å². The van der Waals surface area contributed by atoms with Crippen LogP contribution in [0.2, 0.25) is 0 Å². The molecule has 0 N–H and O–H groups in total. The third-order valence-electron chi connectivity index (χ3n) is 2.67. The summed E-state index contributed by atoms with van der Waals surface area (Å²) in [6.45, 7) is -0.0246. The van der Waals surface area contributed by atoms with E-state index in [0.29, 0.717) is 11.1 Å². The predicted molar refractivity (Wildman–Crippen MR) is 67.3 cm³/mol. The molecule has 6 nitrogen and oxygen atoms in total. The van der Waals surface area contributed by atoms with E-state index in [1.165, 1.54) is 36.2 Å². The van der Waals surface area contributed by atoms with Gasteiger partial charge in [-0.1, -0.05) is 17.3 Å². The fraction of sp³-hybridized carbons (Fsp3) is 0.231. The van der Waals surface area contributed by atoms with Gasteiger partial charge in [0.1, 0.15) is 6.54 Å². The molecule has 0 spiro atoms. The Balaban J connectivity index is 2.18. The lowest BCUT2D eigenvalue weighted by Crippen LogP contribution is -2.26. The summed E-state index contributed by atoms with van der Waals surface area (Å²) in [4.78, 5) is 16.7. The summed E-state index contributed by atoms with van der Waals surface area (Å²) in [5.74, 6) is -1.04. The summed E-state index contributed by atoms with van der Waals surface area (Å²) >= 11 is 0. The molecule has 0 unspecified atom stereocenters. The van der Waals surface area contributed by atoms with Crippen molar-refractivity contribution in [1.29, 1.82) is 5.26 Å². The van der Waals surface area contributed by atoms with Gasteiger partial charge in [-0.05, 0) is 12.1 Å². The first-order chi connectivity index (χ1) is 10.0. The number of benzene rings is 1. The molecule has 108 valence electrons. The van der Waals surface area contributed by atoms with Crippen LogP contribution in [0.15, 0.2) is 28.8 Å². The minimum absolute atomic E-state index is 0.0229. The highest BCUT2D eigenvalue weighted by Crippen LogP contribution is 2.21. The van der Waals surface area contributed by atoms with Gasteiger partial charge in [-0.25, -0.2) is 0 Å². The quantitative estimate of drug-likeness (QED) is 0.807. The molecule has 0 saturated heterocycles. The van der Waals surface area contributed by atoms with Crippen molar-refractivity contribution in [3.63, 3.8) is 0 Å². The van der Waals surface area contributed by atoms with Gasteiger partial charge >= 0.3 is 6.43 Å². The standard InChI is InChI=1S/C13H10F2N4O2/c1-19(7-6-16)13(20)9-4-2-8(3-5-9)11-17-12(10(14)15)21-18-11/h2-5,10H,7H2,1H3. The van der Waals surface area contributed by atoms with Crippen LogP contribution in [-0.2, 0) is 0 Å². The zero-order valence-electron chi connectivity index (χ0n) is 11.0. The second-order valence-corrected chi connectivity index (χ2v) is 4.15. The van der Waals surface area contributed by atoms with E-state index >= 15 is 0 Å². The van der Waals surface area contributed by atoms with Gasteiger partial charge in [0.15, 0.2) is 0 Å². The minimum Gasteiger partial charge on any atom is -0.333 e. The van der Waals surface area contributed by atoms with Crippen LogP contribution in [0.3, 0.4) is 0 Å². The zero-order chi connectivity index (χ0) is 15.4. The number of amides is 1. The molecule has 0 fully saturated rings. The van der Waals surface area contributed by atoms with Gasteiger partial charge in [0.05, 0.1) is 6.07 Å². The molecular weight excluding hydrogens is 282 g/mol. The van der Waals surface area contributed by atoms with E-state index in [-0.39, 0.29) is 18.3 Å². The maximum absolute atomic E-state index is 12.4. The minimum atomic E-state index is -2.83. The van der Waals surface area contributed by atoms with Crippen molar-refractivity contribution in [2.45, 2.75) is 6.43 Å². The first kappa shape index (κ1) is 14.6. The SMILES string of the molecule is CN(CC#N)C(=O)c1ccc(-c2noc(C(F)F)n2)cc1. The molecular formula is C13H10F2N4O2. The summed E-state index contributed by atoms with van der Waals surface area (Å²) < 4.78 is 29.1. The number of hydrogen-bond donors (Lipinski definition) is 0. The van der Waals surface area contributed by atoms with Crippen molar-refractivity contribution in [2.24, 2.45) is 0 Å². The van der Waals surface area contributed by atoms with E-state index in [9.17, 15) is 13.6 Å². The van der Waals surface area contributed by atoms with Crippen LogP contribution in [0.1, 0.15) is 22.7 Å². The molecule has 0 saturated carbocycles. The van der Waals surface area contributed by atoms with Crippen molar-refractivity contribution in [2.75, 3.05) is 13.6 Å². The zero-order valence-corrected chi connectivity index (χ0v) is 11.0. The lowest BCUT2D eigenvalue weighted by molar-refractivity contribution is 0.0812. The Kier molecular flexibility index (Phi) is 4.23. The number of halogens is 2. The average Bonchev–Trinajstić information content (AvgIpc) is 2.97. The number of nitrogens with zero attached hydrogens (tertiary/aromatic N) is 4. The Morgan fingerprint density at radius 2 is 2.10 bits per heavy atom. The Labute approximate surface area is 118 Å². The second kappa shape index (κ2) is 6.09. The molecule has 0 atom stereocenters. The van der Waals surface area contributed by atoms with E-state index in [0.717, 1.165) is 0 Å². The Morgan fingerprint density at radius 3 is 2.62 bits per heavy atom. The summed E-state index contributed by atoms with van der Waals surface area (Å²) in [5, 5.41) is 12.0. The topological polar surface area (TPSA) is 83.0 Å². The van der Waals surface area contributed by atoms with Gasteiger partial charge in [0.2, 0.25) is 5.82 Å². The summed E-state index contributed by atoms with van der Waals surface area (Å²) in [6.07, 6.45) is -2.83. The molecule has 0 aliphatic heterocycles. The number of carbonyl (C=O) groups is 1. The first-order valence-electron chi connectivity index (χ1n) is 5.87. The van der Waals surface area contributed by atoms with Crippen molar-refractivity contribution < 1.29 is 18.1 Å². The number of aromatic nitrogens is 2. The van der Waals surface area contributed by atoms with Crippen molar-refractivity contribution in [1.82, 2.24) is 15.0 Å². The monoisotopic (exact) mass is 292 g/mol. The normalized spacial score (nSPS) is 10.4. The van der Waals surface area contributed by atoms with Gasteiger partial charge in [-0.2, -0.15) is 19.0 Å². The lowest BCUT2D eigenvalue weighted by atomic mass is 10.1. The van der Waals surface area contributed by atoms with Gasteiger partial charge in [0, 0.05) is 18.2 Å². The second-order valence-electron chi connectivity index (χ2n) is 4.15. The molecule has 0 aliphatic carbocycles. The van der Waals surface area contributed by atoms with Crippen LogP contribution in [0.4, 0.5) is 8.78 Å². The van der Waals surface area contributed by atoms with Crippen LogP contribution in [-0.4, -0.2) is 34.5 Å². The highest BCUT2D eigenvalue weighted by molar-refractivity contribution is 5.94. The first-order valence-corrected chi connectivity index (χ1v) is 5.87. The Bertz CT molecular complexity index is 676. The van der Waals surface area contributed by atoms with Crippen molar-refractivity contribution in [3.8, 4) is 17.5 Å². The molecule has 1 amide bonds. The predicted octanol–water partition coefficient (Wildman–Crippen LogP) is 2.27. The molecule has 2 rings (SSSR count). The van der Waals surface area contributed by atoms with Gasteiger partial charge in [-0.3, -0.25) is 4.79 Å². The number of nitriles is 1. The third kappa shape index (κ3) is 3.20. The summed E-state index contributed by atoms with van der Waals surface area (Å²) in [6, 6.07) is 7.92. The molecule has 0 aliphatic rings. The Morgan fingerprint density at radius 1 is 1.43 bits per heavy atom. The van der Waals surface area contributed by atoms with Crippen molar-refractivity contribution >= 4 is 5.91 Å². The fourth-order valence-corrected chi connectivity index (χ4v) is 1.60. The highest BCUT2D eigenvalue weighted by atomic mass is 19.3. The molecule has 8 heteroatoms. The van der Waals surface area contributed by atoms with E-state index < -0.39 is 12.3 Å². The van der Waals surface area contributed by atoms with E-state index in [1.54, 1.807) is 0 Å². The molecule has 1 aromatic carbocycles. The molecule has 2 aromatic rings. The molecule has 1 heterocycles. The number of alkyl halides is 2. The smallest absolute Gasteiger partial charge is 0.315 e. The van der Waals surface area contributed by atoms with Gasteiger partial charge in [-0.15, -0.1) is 0 Å². The maximum Gasteiger partial charge on any atom is 0.315 e. The maximum atomic E-state index is 12.4. The van der Waals surface area contributed by atoms with Crippen LogP contribution in [0.25, 0.3) is 11.4 Å². The highest BCUT2D eigenvalue weighted by Gasteiger charge is 2.17.